The van der Waals surface area contributed by atoms with Gasteiger partial charge in [-0.2, -0.15) is 0 Å². The summed E-state index contributed by atoms with van der Waals surface area (Å²) in [6.07, 6.45) is 3.98. The van der Waals surface area contributed by atoms with E-state index in [-0.39, 0.29) is 0 Å². The first kappa shape index (κ1) is 9.91. The Morgan fingerprint density at radius 3 is 2.07 bits per heavy atom. The molecule has 72 valence electrons. The molecular formula is C9H7NO4. The normalized spacial score (nSPS) is 9.14. The van der Waals surface area contributed by atoms with Crippen molar-refractivity contribution in [3.8, 4) is 0 Å². The van der Waals surface area contributed by atoms with E-state index in [1.54, 1.807) is 0 Å². The molecule has 0 radical (unpaired) electrons. The van der Waals surface area contributed by atoms with Gasteiger partial charge in [-0.1, -0.05) is 0 Å². The molecule has 0 atom stereocenters. The lowest BCUT2D eigenvalue weighted by Gasteiger charge is -1.95. The number of rotatable bonds is 3. The molecule has 1 heterocycles. The maximum atomic E-state index is 10.5. The van der Waals surface area contributed by atoms with Crippen molar-refractivity contribution in [1.29, 1.82) is 0 Å². The lowest BCUT2D eigenvalue weighted by atomic mass is 10.1. The average Bonchev–Trinajstić information content (AvgIpc) is 2.15. The van der Waals surface area contributed by atoms with Crippen molar-refractivity contribution in [1.82, 2.24) is 4.98 Å². The number of hydrogen-bond acceptors (Lipinski definition) is 3. The Bertz CT molecular complexity index is 367. The highest BCUT2D eigenvalue weighted by molar-refractivity contribution is 6.16. The van der Waals surface area contributed by atoms with Crippen LogP contribution in [0.3, 0.4) is 0 Å². The van der Waals surface area contributed by atoms with E-state index in [9.17, 15) is 9.59 Å². The third-order valence-corrected chi connectivity index (χ3v) is 1.48. The molecule has 0 fully saturated rings. The standard InChI is InChI=1S/C9H7NO4/c11-8(12)7(9(13)14)5-6-1-3-10-4-2-6/h1-5H,(H,11,12)(H,13,14). The Kier molecular flexibility index (Phi) is 2.96. The number of hydrogen-bond donors (Lipinski definition) is 2. The van der Waals surface area contributed by atoms with Crippen LogP contribution in [0.4, 0.5) is 0 Å². The SMILES string of the molecule is O=C(O)C(=Cc1ccncc1)C(=O)O. The van der Waals surface area contributed by atoms with Gasteiger partial charge in [0.2, 0.25) is 0 Å². The van der Waals surface area contributed by atoms with E-state index in [0.29, 0.717) is 5.56 Å². The molecule has 0 aliphatic carbocycles. The molecule has 0 saturated carbocycles. The summed E-state index contributed by atoms with van der Waals surface area (Å²) < 4.78 is 0. The molecule has 1 aromatic heterocycles. The predicted octanol–water partition coefficient (Wildman–Crippen LogP) is 0.634. The summed E-state index contributed by atoms with van der Waals surface area (Å²) in [4.78, 5) is 24.7. The Morgan fingerprint density at radius 2 is 1.64 bits per heavy atom. The van der Waals surface area contributed by atoms with Gasteiger partial charge in [0.25, 0.3) is 0 Å². The molecule has 0 aromatic carbocycles. The quantitative estimate of drug-likeness (QED) is 0.417. The van der Waals surface area contributed by atoms with Gasteiger partial charge < -0.3 is 10.2 Å². The summed E-state index contributed by atoms with van der Waals surface area (Å²) in [5.41, 5.74) is -0.184. The minimum absolute atomic E-state index is 0.486. The zero-order valence-electron chi connectivity index (χ0n) is 7.04. The second-order valence-electron chi connectivity index (χ2n) is 2.45. The molecule has 14 heavy (non-hydrogen) atoms. The van der Waals surface area contributed by atoms with E-state index in [1.165, 1.54) is 24.5 Å². The number of carboxylic acid groups (broad SMARTS) is 2. The van der Waals surface area contributed by atoms with Crippen molar-refractivity contribution < 1.29 is 19.8 Å². The van der Waals surface area contributed by atoms with Gasteiger partial charge in [-0.25, -0.2) is 9.59 Å². The minimum atomic E-state index is -1.46. The Morgan fingerprint density at radius 1 is 1.14 bits per heavy atom. The Balaban J connectivity index is 3.06. The number of carbonyl (C=O) groups is 2. The molecule has 0 saturated heterocycles. The number of carboxylic acids is 2. The van der Waals surface area contributed by atoms with Gasteiger partial charge in [-0.05, 0) is 23.8 Å². The van der Waals surface area contributed by atoms with E-state index in [2.05, 4.69) is 4.98 Å². The molecule has 0 aliphatic rings. The van der Waals surface area contributed by atoms with Gasteiger partial charge in [-0.15, -0.1) is 0 Å². The van der Waals surface area contributed by atoms with Crippen LogP contribution >= 0.6 is 0 Å². The zero-order chi connectivity index (χ0) is 10.6. The van der Waals surface area contributed by atoms with Gasteiger partial charge >= 0.3 is 11.9 Å². The monoisotopic (exact) mass is 193 g/mol. The van der Waals surface area contributed by atoms with Gasteiger partial charge in [0.05, 0.1) is 0 Å². The molecule has 5 heteroatoms. The van der Waals surface area contributed by atoms with Crippen LogP contribution in [0.25, 0.3) is 6.08 Å². The van der Waals surface area contributed by atoms with Crippen LogP contribution in [0.15, 0.2) is 30.1 Å². The second kappa shape index (κ2) is 4.18. The van der Waals surface area contributed by atoms with Crippen LogP contribution in [0.1, 0.15) is 5.56 Å². The highest BCUT2D eigenvalue weighted by Gasteiger charge is 2.15. The maximum absolute atomic E-state index is 10.5. The second-order valence-corrected chi connectivity index (χ2v) is 2.45. The summed E-state index contributed by atoms with van der Waals surface area (Å²) in [6.45, 7) is 0. The minimum Gasteiger partial charge on any atom is -0.477 e. The first-order chi connectivity index (χ1) is 6.61. The molecule has 2 N–H and O–H groups in total. The average molecular weight is 193 g/mol. The highest BCUT2D eigenvalue weighted by Crippen LogP contribution is 2.05. The van der Waals surface area contributed by atoms with Crippen LogP contribution in [0.5, 0.6) is 0 Å². The lowest BCUT2D eigenvalue weighted by molar-refractivity contribution is -0.139. The lowest BCUT2D eigenvalue weighted by Crippen LogP contribution is -2.10. The van der Waals surface area contributed by atoms with Crippen LogP contribution in [-0.2, 0) is 9.59 Å². The summed E-state index contributed by atoms with van der Waals surface area (Å²) >= 11 is 0. The van der Waals surface area contributed by atoms with Crippen molar-refractivity contribution in [3.63, 3.8) is 0 Å². The van der Waals surface area contributed by atoms with E-state index in [1.807, 2.05) is 0 Å². The van der Waals surface area contributed by atoms with Crippen molar-refractivity contribution in [2.75, 3.05) is 0 Å². The molecule has 5 nitrogen and oxygen atoms in total. The molecule has 0 spiro atoms. The van der Waals surface area contributed by atoms with E-state index in [4.69, 9.17) is 10.2 Å². The molecule has 1 rings (SSSR count). The van der Waals surface area contributed by atoms with E-state index >= 15 is 0 Å². The van der Waals surface area contributed by atoms with Crippen molar-refractivity contribution in [3.05, 3.63) is 35.7 Å². The predicted molar refractivity (Wildman–Crippen MR) is 47.5 cm³/mol. The third kappa shape index (κ3) is 2.41. The van der Waals surface area contributed by atoms with Crippen molar-refractivity contribution in [2.45, 2.75) is 0 Å². The number of nitrogens with zero attached hydrogens (tertiary/aromatic N) is 1. The van der Waals surface area contributed by atoms with Crippen molar-refractivity contribution in [2.24, 2.45) is 0 Å². The first-order valence-electron chi connectivity index (χ1n) is 3.69. The third-order valence-electron chi connectivity index (χ3n) is 1.48. The number of aromatic nitrogens is 1. The summed E-state index contributed by atoms with van der Waals surface area (Å²) in [5, 5.41) is 17.1. The topological polar surface area (TPSA) is 87.5 Å². The van der Waals surface area contributed by atoms with Crippen LogP contribution in [0.2, 0.25) is 0 Å². The smallest absolute Gasteiger partial charge is 0.343 e. The summed E-state index contributed by atoms with van der Waals surface area (Å²) in [5.74, 6) is -2.93. The molecule has 1 aromatic rings. The molecule has 0 unspecified atom stereocenters. The first-order valence-corrected chi connectivity index (χ1v) is 3.69. The van der Waals surface area contributed by atoms with Gasteiger partial charge in [-0.3, -0.25) is 4.98 Å². The van der Waals surface area contributed by atoms with Crippen LogP contribution in [-0.4, -0.2) is 27.1 Å². The molecular weight excluding hydrogens is 186 g/mol. The highest BCUT2D eigenvalue weighted by atomic mass is 16.4. The van der Waals surface area contributed by atoms with Gasteiger partial charge in [0.1, 0.15) is 5.57 Å². The van der Waals surface area contributed by atoms with E-state index in [0.717, 1.165) is 6.08 Å². The Labute approximate surface area is 79.3 Å². The maximum Gasteiger partial charge on any atom is 0.343 e. The fourth-order valence-corrected chi connectivity index (χ4v) is 0.841. The largest absolute Gasteiger partial charge is 0.477 e. The van der Waals surface area contributed by atoms with Crippen LogP contribution in [0, 0.1) is 0 Å². The van der Waals surface area contributed by atoms with E-state index < -0.39 is 17.5 Å². The summed E-state index contributed by atoms with van der Waals surface area (Å²) in [7, 11) is 0. The fraction of sp³-hybridized carbons (Fsp3) is 0. The summed E-state index contributed by atoms with van der Waals surface area (Å²) in [6, 6.07) is 3.04. The van der Waals surface area contributed by atoms with Crippen LogP contribution < -0.4 is 0 Å². The van der Waals surface area contributed by atoms with Gasteiger partial charge in [0, 0.05) is 12.4 Å². The number of pyridine rings is 1. The molecule has 0 bridgehead atoms. The Hall–Kier alpha value is -2.17. The van der Waals surface area contributed by atoms with Crippen molar-refractivity contribution >= 4 is 18.0 Å². The zero-order valence-corrected chi connectivity index (χ0v) is 7.04. The molecule has 0 amide bonds. The molecule has 0 aliphatic heterocycles. The number of aliphatic carboxylic acids is 2. The van der Waals surface area contributed by atoms with Gasteiger partial charge in [0.15, 0.2) is 0 Å². The fourth-order valence-electron chi connectivity index (χ4n) is 0.841.